The van der Waals surface area contributed by atoms with Crippen molar-refractivity contribution in [1.82, 2.24) is 4.90 Å². The summed E-state index contributed by atoms with van der Waals surface area (Å²) in [6, 6.07) is 14.0. The smallest absolute Gasteiger partial charge is 0.315 e. The number of fused-ring (bicyclic) bond motifs is 1. The molecule has 5 heteroatoms. The maximum Gasteiger partial charge on any atom is 0.315 e. The van der Waals surface area contributed by atoms with E-state index < -0.39 is 11.4 Å². The molecule has 1 saturated heterocycles. The Bertz CT molecular complexity index is 867. The zero-order valence-corrected chi connectivity index (χ0v) is 15.3. The summed E-state index contributed by atoms with van der Waals surface area (Å²) in [5.74, 6) is -0.851. The van der Waals surface area contributed by atoms with E-state index in [9.17, 15) is 14.4 Å². The van der Waals surface area contributed by atoms with Crippen LogP contribution in [0.25, 0.3) is 10.8 Å². The van der Waals surface area contributed by atoms with Crippen LogP contribution in [0.1, 0.15) is 31.7 Å². The lowest BCUT2D eigenvalue weighted by Gasteiger charge is -2.48. The standard InChI is InChI=1S/C21H23NO4/c1-14(23)11-21(20(25)26-3)12-22(13-21)19(24)15(2)17-9-8-16-6-4-5-7-18(16)10-17/h4-10,15H,11-13H2,1-3H3. The average Bonchev–Trinajstić information content (AvgIpc) is 2.61. The maximum atomic E-state index is 12.8. The molecule has 1 heterocycles. The van der Waals surface area contributed by atoms with E-state index in [4.69, 9.17) is 4.74 Å². The van der Waals surface area contributed by atoms with Gasteiger partial charge in [0.1, 0.15) is 11.2 Å². The van der Waals surface area contributed by atoms with Gasteiger partial charge in [0.15, 0.2) is 0 Å². The first-order chi connectivity index (χ1) is 12.4. The summed E-state index contributed by atoms with van der Waals surface area (Å²) < 4.78 is 4.85. The number of hydrogen-bond acceptors (Lipinski definition) is 4. The van der Waals surface area contributed by atoms with Crippen LogP contribution in [0.3, 0.4) is 0 Å². The summed E-state index contributed by atoms with van der Waals surface area (Å²) in [7, 11) is 1.31. The lowest BCUT2D eigenvalue weighted by Crippen LogP contribution is -2.63. The molecule has 1 unspecified atom stereocenters. The summed E-state index contributed by atoms with van der Waals surface area (Å²) in [6.07, 6.45) is 0.105. The van der Waals surface area contributed by atoms with Gasteiger partial charge in [-0.05, 0) is 30.2 Å². The Morgan fingerprint density at radius 1 is 1.12 bits per heavy atom. The number of carbonyl (C=O) groups is 3. The van der Waals surface area contributed by atoms with Gasteiger partial charge < -0.3 is 9.64 Å². The minimum absolute atomic E-state index is 0.0386. The van der Waals surface area contributed by atoms with Crippen molar-refractivity contribution >= 4 is 28.4 Å². The first-order valence-corrected chi connectivity index (χ1v) is 8.72. The van der Waals surface area contributed by atoms with Crippen molar-refractivity contribution in [2.75, 3.05) is 20.2 Å². The van der Waals surface area contributed by atoms with Crippen molar-refractivity contribution in [2.24, 2.45) is 5.41 Å². The normalized spacial score (nSPS) is 16.7. The van der Waals surface area contributed by atoms with E-state index in [0.29, 0.717) is 0 Å². The summed E-state index contributed by atoms with van der Waals surface area (Å²) in [6.45, 7) is 3.79. The monoisotopic (exact) mass is 353 g/mol. The lowest BCUT2D eigenvalue weighted by atomic mass is 9.75. The number of amides is 1. The summed E-state index contributed by atoms with van der Waals surface area (Å²) >= 11 is 0. The Morgan fingerprint density at radius 3 is 2.38 bits per heavy atom. The third-order valence-corrected chi connectivity index (χ3v) is 5.15. The molecular weight excluding hydrogens is 330 g/mol. The second-order valence-corrected chi connectivity index (χ2v) is 7.17. The fourth-order valence-corrected chi connectivity index (χ4v) is 3.74. The van der Waals surface area contributed by atoms with Crippen LogP contribution in [0.2, 0.25) is 0 Å². The fraction of sp³-hybridized carbons (Fsp3) is 0.381. The SMILES string of the molecule is COC(=O)C1(CC(C)=O)CN(C(=O)C(C)c2ccc3ccccc3c2)C1. The van der Waals surface area contributed by atoms with Gasteiger partial charge in [-0.2, -0.15) is 0 Å². The van der Waals surface area contributed by atoms with E-state index in [2.05, 4.69) is 0 Å². The predicted molar refractivity (Wildman–Crippen MR) is 98.7 cm³/mol. The number of esters is 1. The van der Waals surface area contributed by atoms with Crippen molar-refractivity contribution in [3.63, 3.8) is 0 Å². The zero-order chi connectivity index (χ0) is 18.9. The van der Waals surface area contributed by atoms with Gasteiger partial charge in [0.25, 0.3) is 0 Å². The molecule has 0 bridgehead atoms. The molecule has 0 N–H and O–H groups in total. The molecule has 3 rings (SSSR count). The first kappa shape index (κ1) is 18.1. The highest BCUT2D eigenvalue weighted by molar-refractivity contribution is 5.92. The molecule has 0 aliphatic carbocycles. The van der Waals surface area contributed by atoms with Gasteiger partial charge in [0.2, 0.25) is 5.91 Å². The minimum Gasteiger partial charge on any atom is -0.468 e. The molecule has 136 valence electrons. The molecule has 0 radical (unpaired) electrons. The van der Waals surface area contributed by atoms with Gasteiger partial charge in [-0.3, -0.25) is 14.4 Å². The number of Topliss-reactive ketones (excluding diaryl/α,β-unsaturated/α-hetero) is 1. The number of nitrogens with zero attached hydrogens (tertiary/aromatic N) is 1. The van der Waals surface area contributed by atoms with E-state index >= 15 is 0 Å². The van der Waals surface area contributed by atoms with E-state index in [-0.39, 0.29) is 37.1 Å². The average molecular weight is 353 g/mol. The number of methoxy groups -OCH3 is 1. The molecule has 1 aliphatic rings. The lowest BCUT2D eigenvalue weighted by molar-refractivity contribution is -0.171. The number of rotatable bonds is 5. The highest BCUT2D eigenvalue weighted by Crippen LogP contribution is 2.37. The van der Waals surface area contributed by atoms with Crippen molar-refractivity contribution in [2.45, 2.75) is 26.2 Å². The molecular formula is C21H23NO4. The fourth-order valence-electron chi connectivity index (χ4n) is 3.74. The molecule has 0 saturated carbocycles. The highest BCUT2D eigenvalue weighted by atomic mass is 16.5. The number of benzene rings is 2. The molecule has 1 aliphatic heterocycles. The molecule has 5 nitrogen and oxygen atoms in total. The second kappa shape index (κ2) is 6.90. The summed E-state index contributed by atoms with van der Waals surface area (Å²) in [5.41, 5.74) is 0.0511. The molecule has 1 atom stereocenters. The molecule has 1 fully saturated rings. The number of hydrogen-bond donors (Lipinski definition) is 0. The van der Waals surface area contributed by atoms with Crippen LogP contribution >= 0.6 is 0 Å². The van der Waals surface area contributed by atoms with E-state index in [1.807, 2.05) is 49.4 Å². The Kier molecular flexibility index (Phi) is 4.81. The topological polar surface area (TPSA) is 63.7 Å². The van der Waals surface area contributed by atoms with Crippen LogP contribution in [0.15, 0.2) is 42.5 Å². The molecule has 0 spiro atoms. The van der Waals surface area contributed by atoms with Crippen LogP contribution in [-0.4, -0.2) is 42.8 Å². The van der Waals surface area contributed by atoms with Crippen molar-refractivity contribution in [3.05, 3.63) is 48.0 Å². The van der Waals surface area contributed by atoms with Gasteiger partial charge in [-0.1, -0.05) is 42.5 Å². The Labute approximate surface area is 152 Å². The van der Waals surface area contributed by atoms with Crippen molar-refractivity contribution in [1.29, 1.82) is 0 Å². The van der Waals surface area contributed by atoms with E-state index in [1.165, 1.54) is 14.0 Å². The van der Waals surface area contributed by atoms with Crippen LogP contribution < -0.4 is 0 Å². The Balaban J connectivity index is 1.75. The molecule has 26 heavy (non-hydrogen) atoms. The van der Waals surface area contributed by atoms with Crippen molar-refractivity contribution in [3.8, 4) is 0 Å². The zero-order valence-electron chi connectivity index (χ0n) is 15.3. The Morgan fingerprint density at radius 2 is 1.77 bits per heavy atom. The first-order valence-electron chi connectivity index (χ1n) is 8.72. The number of ether oxygens (including phenoxy) is 1. The predicted octanol–water partition coefficient (Wildman–Crippen LogP) is 2.92. The highest BCUT2D eigenvalue weighted by Gasteiger charge is 2.53. The van der Waals surface area contributed by atoms with E-state index in [1.54, 1.807) is 4.90 Å². The summed E-state index contributed by atoms with van der Waals surface area (Å²) in [5, 5.41) is 2.22. The minimum atomic E-state index is -0.890. The largest absolute Gasteiger partial charge is 0.468 e. The molecule has 0 aromatic heterocycles. The molecule has 2 aromatic rings. The number of likely N-dealkylation sites (tertiary alicyclic amines) is 1. The second-order valence-electron chi connectivity index (χ2n) is 7.17. The quantitative estimate of drug-likeness (QED) is 0.776. The van der Waals surface area contributed by atoms with E-state index in [0.717, 1.165) is 16.3 Å². The van der Waals surface area contributed by atoms with Gasteiger partial charge in [-0.25, -0.2) is 0 Å². The number of ketones is 1. The van der Waals surface area contributed by atoms with Crippen LogP contribution in [0, 0.1) is 5.41 Å². The van der Waals surface area contributed by atoms with Crippen LogP contribution in [-0.2, 0) is 19.1 Å². The van der Waals surface area contributed by atoms with Gasteiger partial charge in [0, 0.05) is 19.5 Å². The van der Waals surface area contributed by atoms with Gasteiger partial charge in [0.05, 0.1) is 13.0 Å². The maximum absolute atomic E-state index is 12.8. The number of carbonyl (C=O) groups excluding carboxylic acids is 3. The molecule has 1 amide bonds. The van der Waals surface area contributed by atoms with Crippen LogP contribution in [0.5, 0.6) is 0 Å². The summed E-state index contributed by atoms with van der Waals surface area (Å²) in [4.78, 5) is 38.1. The third-order valence-electron chi connectivity index (χ3n) is 5.15. The van der Waals surface area contributed by atoms with Gasteiger partial charge >= 0.3 is 5.97 Å². The van der Waals surface area contributed by atoms with Gasteiger partial charge in [-0.15, -0.1) is 0 Å². The third kappa shape index (κ3) is 3.21. The van der Waals surface area contributed by atoms with Crippen molar-refractivity contribution < 1.29 is 19.1 Å². The Hall–Kier alpha value is -2.69. The van der Waals surface area contributed by atoms with Crippen LogP contribution in [0.4, 0.5) is 0 Å². The molecule has 2 aromatic carbocycles.